The van der Waals surface area contributed by atoms with Gasteiger partial charge in [0, 0.05) is 19.8 Å². The fourth-order valence-corrected chi connectivity index (χ4v) is 12.7. The predicted molar refractivity (Wildman–Crippen MR) is 78.9 cm³/mol. The largest absolute Gasteiger partial charge is 0.438 e. The smallest absolute Gasteiger partial charge is 0.380 e. The Hall–Kier alpha value is 1.82. The molecular formula is C6H15BBr3O3Si2. The van der Waals surface area contributed by atoms with Crippen LogP contribution in [0.15, 0.2) is 0 Å². The van der Waals surface area contributed by atoms with Crippen LogP contribution in [-0.4, -0.2) is 38.8 Å². The van der Waals surface area contributed by atoms with Crippen molar-refractivity contribution < 1.29 is 13.3 Å². The third-order valence-corrected chi connectivity index (χ3v) is 12.4. The van der Waals surface area contributed by atoms with Gasteiger partial charge in [-0.05, 0) is 20.8 Å². The SMILES string of the molecule is CCO[Si]([B][Si](Br)(Br)Br)(OCC)OCC. The van der Waals surface area contributed by atoms with E-state index in [2.05, 4.69) is 45.9 Å². The molecule has 0 aliphatic rings. The molecule has 0 fully saturated rings. The van der Waals surface area contributed by atoms with Gasteiger partial charge >= 0.3 is 8.67 Å². The molecule has 0 bridgehead atoms. The highest BCUT2D eigenvalue weighted by Crippen LogP contribution is 2.29. The van der Waals surface area contributed by atoms with E-state index in [4.69, 9.17) is 13.3 Å². The van der Waals surface area contributed by atoms with E-state index in [0.717, 1.165) is 0 Å². The molecule has 15 heavy (non-hydrogen) atoms. The lowest BCUT2D eigenvalue weighted by molar-refractivity contribution is 0.0936. The van der Waals surface area contributed by atoms with Crippen molar-refractivity contribution in [3.63, 3.8) is 0 Å². The van der Waals surface area contributed by atoms with Gasteiger partial charge in [0.1, 0.15) is 0 Å². The minimum Gasteiger partial charge on any atom is -0.380 e. The summed E-state index contributed by atoms with van der Waals surface area (Å²) >= 11 is 10.6. The summed E-state index contributed by atoms with van der Waals surface area (Å²) in [5.41, 5.74) is 0. The maximum Gasteiger partial charge on any atom is 0.438 e. The van der Waals surface area contributed by atoms with Crippen LogP contribution in [-0.2, 0) is 13.3 Å². The third-order valence-electron chi connectivity index (χ3n) is 1.38. The minimum atomic E-state index is -2.63. The van der Waals surface area contributed by atoms with Crippen molar-refractivity contribution in [2.24, 2.45) is 0 Å². The van der Waals surface area contributed by atoms with E-state index in [0.29, 0.717) is 19.8 Å². The lowest BCUT2D eigenvalue weighted by atomic mass is 10.7. The van der Waals surface area contributed by atoms with Crippen LogP contribution in [0, 0.1) is 0 Å². The molecule has 0 atom stereocenters. The van der Waals surface area contributed by atoms with Gasteiger partial charge in [-0.2, -0.15) is 0 Å². The van der Waals surface area contributed by atoms with Gasteiger partial charge in [0.2, 0.25) is 3.80 Å². The Bertz CT molecular complexity index is 164. The molecule has 0 aromatic carbocycles. The van der Waals surface area contributed by atoms with E-state index < -0.39 is 12.5 Å². The molecule has 0 amide bonds. The molecule has 0 aliphatic carbocycles. The topological polar surface area (TPSA) is 27.7 Å². The van der Waals surface area contributed by atoms with Crippen LogP contribution < -0.4 is 0 Å². The quantitative estimate of drug-likeness (QED) is 0.428. The van der Waals surface area contributed by atoms with Gasteiger partial charge < -0.3 is 13.3 Å². The zero-order valence-corrected chi connectivity index (χ0v) is 15.8. The molecule has 0 spiro atoms. The molecule has 0 saturated heterocycles. The van der Waals surface area contributed by atoms with E-state index >= 15 is 0 Å². The Morgan fingerprint density at radius 2 is 1.20 bits per heavy atom. The van der Waals surface area contributed by atoms with Crippen LogP contribution >= 0.6 is 45.9 Å². The number of hydrogen-bond donors (Lipinski definition) is 0. The third kappa shape index (κ3) is 7.69. The Balaban J connectivity index is 4.60. The zero-order valence-electron chi connectivity index (χ0n) is 9.06. The average Bonchev–Trinajstić information content (AvgIpc) is 2.01. The van der Waals surface area contributed by atoms with Crippen molar-refractivity contribution in [1.82, 2.24) is 0 Å². The summed E-state index contributed by atoms with van der Waals surface area (Å²) in [6.45, 7) is 9.56. The summed E-state index contributed by atoms with van der Waals surface area (Å²) in [6, 6.07) is 0. The first kappa shape index (κ1) is 16.8. The summed E-state index contributed by atoms with van der Waals surface area (Å²) in [7, 11) is -2.63. The number of halogens is 3. The lowest BCUT2D eigenvalue weighted by Gasteiger charge is -2.30. The van der Waals surface area contributed by atoms with Crippen molar-refractivity contribution in [1.29, 1.82) is 0 Å². The van der Waals surface area contributed by atoms with Crippen LogP contribution in [0.3, 0.4) is 0 Å². The summed E-state index contributed by atoms with van der Waals surface area (Å²) in [6.07, 6.45) is 0. The monoisotopic (exact) mass is 439 g/mol. The van der Waals surface area contributed by atoms with E-state index in [1.165, 1.54) is 0 Å². The molecule has 89 valence electrons. The molecule has 0 N–H and O–H groups in total. The highest BCUT2D eigenvalue weighted by molar-refractivity contribution is 9.74. The first-order valence-electron chi connectivity index (χ1n) is 4.74. The van der Waals surface area contributed by atoms with Crippen LogP contribution in [0.4, 0.5) is 0 Å². The summed E-state index contributed by atoms with van der Waals surface area (Å²) < 4.78 is 15.1. The van der Waals surface area contributed by atoms with Crippen molar-refractivity contribution >= 4 is 64.8 Å². The average molecular weight is 442 g/mol. The molecule has 9 heteroatoms. The molecule has 0 saturated carbocycles. The highest BCUT2D eigenvalue weighted by atomic mass is 80.0. The molecular weight excluding hydrogens is 427 g/mol. The van der Waals surface area contributed by atoms with E-state index in [1.807, 2.05) is 27.2 Å². The van der Waals surface area contributed by atoms with Gasteiger partial charge in [-0.3, -0.25) is 0 Å². The molecule has 0 unspecified atom stereocenters. The fraction of sp³-hybridized carbons (Fsp3) is 1.00. The molecule has 3 nitrogen and oxygen atoms in total. The summed E-state index contributed by atoms with van der Waals surface area (Å²) in [5, 5.41) is 0. The number of hydrogen-bond acceptors (Lipinski definition) is 3. The fourth-order valence-electron chi connectivity index (χ4n) is 1.05. The summed E-state index contributed by atoms with van der Waals surface area (Å²) in [5.74, 6) is 0. The van der Waals surface area contributed by atoms with Crippen molar-refractivity contribution in [3.05, 3.63) is 0 Å². The molecule has 0 aromatic rings. The van der Waals surface area contributed by atoms with Gasteiger partial charge in [0.15, 0.2) is 0 Å². The molecule has 0 rings (SSSR count). The normalized spacial score (nSPS) is 12.9. The predicted octanol–water partition coefficient (Wildman–Crippen LogP) is 2.86. The second-order valence-electron chi connectivity index (χ2n) is 2.59. The highest BCUT2D eigenvalue weighted by Gasteiger charge is 2.48. The van der Waals surface area contributed by atoms with E-state index in [1.54, 1.807) is 0 Å². The minimum absolute atomic E-state index is 0.584. The Labute approximate surface area is 118 Å². The van der Waals surface area contributed by atoms with Gasteiger partial charge in [-0.1, -0.05) is 0 Å². The van der Waals surface area contributed by atoms with Crippen molar-refractivity contribution in [2.75, 3.05) is 19.8 Å². The van der Waals surface area contributed by atoms with Gasteiger partial charge in [0.05, 0.1) is 0 Å². The van der Waals surface area contributed by atoms with E-state index in [-0.39, 0.29) is 0 Å². The van der Waals surface area contributed by atoms with Crippen molar-refractivity contribution in [2.45, 2.75) is 20.8 Å². The van der Waals surface area contributed by atoms with Gasteiger partial charge in [0.25, 0.3) is 6.46 Å². The van der Waals surface area contributed by atoms with Gasteiger partial charge in [-0.25, -0.2) is 0 Å². The molecule has 0 aromatic heterocycles. The Morgan fingerprint density at radius 3 is 1.40 bits per heavy atom. The molecule has 1 radical (unpaired) electrons. The Kier molecular flexibility index (Phi) is 8.99. The first-order valence-corrected chi connectivity index (χ1v) is 15.4. The molecule has 0 heterocycles. The lowest BCUT2D eigenvalue weighted by Crippen LogP contribution is -2.57. The first-order chi connectivity index (χ1) is 6.89. The van der Waals surface area contributed by atoms with Crippen LogP contribution in [0.1, 0.15) is 20.8 Å². The van der Waals surface area contributed by atoms with Crippen LogP contribution in [0.2, 0.25) is 0 Å². The number of rotatable bonds is 8. The second kappa shape index (κ2) is 8.01. The standard InChI is InChI=1S/C6H15BBr3O3Si2/c1-4-11-15(12-5-2,13-6-3)7-14(8,9)10/h4-6H2,1-3H3. The zero-order chi connectivity index (χ0) is 11.9. The van der Waals surface area contributed by atoms with E-state index in [9.17, 15) is 0 Å². The maximum absolute atomic E-state index is 5.67. The second-order valence-corrected chi connectivity index (χ2v) is 27.7. The Morgan fingerprint density at radius 1 is 0.867 bits per heavy atom. The van der Waals surface area contributed by atoms with Crippen LogP contribution in [0.25, 0.3) is 0 Å². The summed E-state index contributed by atoms with van der Waals surface area (Å²) in [4.78, 5) is 0. The van der Waals surface area contributed by atoms with Gasteiger partial charge in [-0.15, -0.1) is 45.9 Å². The van der Waals surface area contributed by atoms with Crippen LogP contribution in [0.5, 0.6) is 0 Å². The molecule has 0 aliphatic heterocycles. The van der Waals surface area contributed by atoms with Crippen molar-refractivity contribution in [3.8, 4) is 0 Å². The maximum atomic E-state index is 5.67.